The zero-order valence-corrected chi connectivity index (χ0v) is 16.6. The van der Waals surface area contributed by atoms with Gasteiger partial charge in [0.25, 0.3) is 5.91 Å². The van der Waals surface area contributed by atoms with Gasteiger partial charge in [-0.25, -0.2) is 4.79 Å². The molecule has 1 aromatic carbocycles. The number of ether oxygens (including phenoxy) is 1. The van der Waals surface area contributed by atoms with E-state index < -0.39 is 0 Å². The van der Waals surface area contributed by atoms with Crippen LogP contribution in [0.3, 0.4) is 0 Å². The third-order valence-electron chi connectivity index (χ3n) is 4.61. The molecule has 1 aliphatic heterocycles. The van der Waals surface area contributed by atoms with Crippen LogP contribution < -0.4 is 15.1 Å². The average Bonchev–Trinajstić information content (AvgIpc) is 3.03. The Morgan fingerprint density at radius 1 is 1.22 bits per heavy atom. The minimum atomic E-state index is -0.388. The summed E-state index contributed by atoms with van der Waals surface area (Å²) in [5.74, 6) is -0.452. The van der Waals surface area contributed by atoms with Crippen LogP contribution in [0, 0.1) is 6.92 Å². The summed E-state index contributed by atoms with van der Waals surface area (Å²) in [7, 11) is 0. The van der Waals surface area contributed by atoms with Crippen molar-refractivity contribution in [1.82, 2.24) is 0 Å². The Hall–Kier alpha value is -2.38. The van der Waals surface area contributed by atoms with E-state index >= 15 is 0 Å². The Labute approximate surface area is 163 Å². The number of nitrogens with zero attached hydrogens (tertiary/aromatic N) is 1. The minimum Gasteiger partial charge on any atom is -0.462 e. The van der Waals surface area contributed by atoms with Crippen LogP contribution in [0.5, 0.6) is 0 Å². The molecular weight excluding hydrogens is 362 g/mol. The monoisotopic (exact) mass is 388 g/mol. The maximum absolute atomic E-state index is 12.5. The predicted molar refractivity (Wildman–Crippen MR) is 108 cm³/mol. The summed E-state index contributed by atoms with van der Waals surface area (Å²) in [6.07, 6.45) is 0. The summed E-state index contributed by atoms with van der Waals surface area (Å²) >= 11 is 1.41. The number of hydrogen-bond acceptors (Lipinski definition) is 5. The highest BCUT2D eigenvalue weighted by molar-refractivity contribution is 7.16. The summed E-state index contributed by atoms with van der Waals surface area (Å²) in [6.45, 7) is 8.09. The molecule has 3 rings (SSSR count). The smallest absolute Gasteiger partial charge is 0.341 e. The van der Waals surface area contributed by atoms with Crippen molar-refractivity contribution >= 4 is 33.9 Å². The molecule has 2 aromatic rings. The number of esters is 1. The van der Waals surface area contributed by atoms with Crippen molar-refractivity contribution in [1.29, 1.82) is 0 Å². The molecule has 0 radical (unpaired) electrons. The lowest BCUT2D eigenvalue weighted by Gasteiger charge is -2.33. The molecule has 1 amide bonds. The maximum atomic E-state index is 12.5. The number of carbonyl (C=O) groups excluding carboxylic acids is 2. The second-order valence-electron chi connectivity index (χ2n) is 6.62. The van der Waals surface area contributed by atoms with E-state index in [-0.39, 0.29) is 11.9 Å². The quantitative estimate of drug-likeness (QED) is 0.738. The molecule has 144 valence electrons. The minimum absolute atomic E-state index is 0.0643. The van der Waals surface area contributed by atoms with E-state index in [1.807, 2.05) is 25.1 Å². The van der Waals surface area contributed by atoms with Crippen LogP contribution in [0.1, 0.15) is 22.2 Å². The fourth-order valence-corrected chi connectivity index (χ4v) is 4.18. The second-order valence-corrected chi connectivity index (χ2v) is 7.87. The van der Waals surface area contributed by atoms with E-state index in [2.05, 4.69) is 22.3 Å². The zero-order chi connectivity index (χ0) is 19.2. The van der Waals surface area contributed by atoms with Gasteiger partial charge in [-0.3, -0.25) is 4.79 Å². The maximum Gasteiger partial charge on any atom is 0.341 e. The summed E-state index contributed by atoms with van der Waals surface area (Å²) in [4.78, 5) is 29.1. The van der Waals surface area contributed by atoms with Crippen LogP contribution in [0.15, 0.2) is 36.4 Å². The summed E-state index contributed by atoms with van der Waals surface area (Å²) < 4.78 is 5.07. The number of quaternary nitrogens is 1. The van der Waals surface area contributed by atoms with Crippen molar-refractivity contribution in [2.75, 3.05) is 49.5 Å². The topological polar surface area (TPSA) is 63.1 Å². The highest BCUT2D eigenvalue weighted by Crippen LogP contribution is 2.28. The lowest BCUT2D eigenvalue weighted by atomic mass is 10.2. The predicted octanol–water partition coefficient (Wildman–Crippen LogP) is 1.58. The first kappa shape index (κ1) is 19.4. The molecule has 0 unspecified atom stereocenters. The van der Waals surface area contributed by atoms with E-state index in [1.165, 1.54) is 21.9 Å². The molecule has 27 heavy (non-hydrogen) atoms. The Morgan fingerprint density at radius 3 is 2.59 bits per heavy atom. The standard InChI is InChI=1S/C20H25N3O3S/c1-3-26-20(25)17-13-15(2)27-19(17)21-18(24)14-22-9-11-23(12-10-22)16-7-5-4-6-8-16/h4-8,13H,3,9-12,14H2,1-2H3,(H,21,24)/p+1. The lowest BCUT2D eigenvalue weighted by molar-refractivity contribution is -0.892. The van der Waals surface area contributed by atoms with Crippen LogP contribution in [-0.2, 0) is 9.53 Å². The van der Waals surface area contributed by atoms with Gasteiger partial charge in [0.2, 0.25) is 0 Å². The molecule has 2 N–H and O–H groups in total. The molecule has 2 heterocycles. The van der Waals surface area contributed by atoms with Crippen molar-refractivity contribution < 1.29 is 19.2 Å². The molecule has 0 bridgehead atoms. The van der Waals surface area contributed by atoms with Crippen molar-refractivity contribution in [2.24, 2.45) is 0 Å². The van der Waals surface area contributed by atoms with Gasteiger partial charge in [0.15, 0.2) is 6.54 Å². The summed E-state index contributed by atoms with van der Waals surface area (Å²) in [5, 5.41) is 3.49. The Balaban J connectivity index is 1.53. The Morgan fingerprint density at radius 2 is 1.93 bits per heavy atom. The number of carbonyl (C=O) groups is 2. The van der Waals surface area contributed by atoms with Crippen LogP contribution in [0.2, 0.25) is 0 Å². The van der Waals surface area contributed by atoms with Crippen molar-refractivity contribution in [2.45, 2.75) is 13.8 Å². The summed E-state index contributed by atoms with van der Waals surface area (Å²) in [6, 6.07) is 12.1. The number of hydrogen-bond donors (Lipinski definition) is 2. The van der Waals surface area contributed by atoms with Crippen molar-refractivity contribution in [3.05, 3.63) is 46.8 Å². The van der Waals surface area contributed by atoms with E-state index in [0.29, 0.717) is 23.7 Å². The molecule has 0 spiro atoms. The highest BCUT2D eigenvalue weighted by atomic mass is 32.1. The molecule has 0 saturated carbocycles. The number of para-hydroxylation sites is 1. The molecule has 1 aromatic heterocycles. The van der Waals surface area contributed by atoms with Gasteiger partial charge in [0, 0.05) is 10.6 Å². The van der Waals surface area contributed by atoms with Crippen LogP contribution >= 0.6 is 11.3 Å². The molecule has 7 heteroatoms. The number of thiophene rings is 1. The van der Waals surface area contributed by atoms with E-state index in [1.54, 1.807) is 13.0 Å². The number of amides is 1. The number of aryl methyl sites for hydroxylation is 1. The van der Waals surface area contributed by atoms with Gasteiger partial charge in [-0.2, -0.15) is 0 Å². The van der Waals surface area contributed by atoms with Crippen LogP contribution in [-0.4, -0.2) is 51.2 Å². The van der Waals surface area contributed by atoms with Gasteiger partial charge in [-0.05, 0) is 32.0 Å². The van der Waals surface area contributed by atoms with Gasteiger partial charge in [-0.1, -0.05) is 18.2 Å². The molecule has 0 atom stereocenters. The van der Waals surface area contributed by atoms with Crippen molar-refractivity contribution in [3.63, 3.8) is 0 Å². The number of rotatable bonds is 6. The molecule has 1 saturated heterocycles. The van der Waals surface area contributed by atoms with E-state index in [0.717, 1.165) is 31.1 Å². The average molecular weight is 389 g/mol. The largest absolute Gasteiger partial charge is 0.462 e. The summed E-state index contributed by atoms with van der Waals surface area (Å²) in [5.41, 5.74) is 1.67. The molecule has 1 aliphatic rings. The van der Waals surface area contributed by atoms with Crippen LogP contribution in [0.25, 0.3) is 0 Å². The number of nitrogens with one attached hydrogen (secondary N) is 2. The first-order valence-electron chi connectivity index (χ1n) is 9.27. The SMILES string of the molecule is CCOC(=O)c1cc(C)sc1NC(=O)C[NH+]1CCN(c2ccccc2)CC1. The first-order valence-corrected chi connectivity index (χ1v) is 10.1. The van der Waals surface area contributed by atoms with Gasteiger partial charge >= 0.3 is 5.97 Å². The van der Waals surface area contributed by atoms with E-state index in [9.17, 15) is 9.59 Å². The Bertz CT molecular complexity index is 783. The highest BCUT2D eigenvalue weighted by Gasteiger charge is 2.24. The fourth-order valence-electron chi connectivity index (χ4n) is 3.26. The number of benzene rings is 1. The van der Waals surface area contributed by atoms with Gasteiger partial charge in [0.05, 0.1) is 38.3 Å². The molecule has 1 fully saturated rings. The normalized spacial score (nSPS) is 14.8. The van der Waals surface area contributed by atoms with Gasteiger partial charge in [-0.15, -0.1) is 11.3 Å². The van der Waals surface area contributed by atoms with Crippen LogP contribution in [0.4, 0.5) is 10.7 Å². The Kier molecular flexibility index (Phi) is 6.47. The van der Waals surface area contributed by atoms with E-state index in [4.69, 9.17) is 4.74 Å². The number of anilines is 2. The third-order valence-corrected chi connectivity index (χ3v) is 5.57. The molecule has 6 nitrogen and oxygen atoms in total. The lowest BCUT2D eigenvalue weighted by Crippen LogP contribution is -3.15. The first-order chi connectivity index (χ1) is 13.1. The number of piperazine rings is 1. The molecular formula is C20H26N3O3S+. The zero-order valence-electron chi connectivity index (χ0n) is 15.8. The second kappa shape index (κ2) is 9.01. The van der Waals surface area contributed by atoms with Gasteiger partial charge in [0.1, 0.15) is 5.00 Å². The van der Waals surface area contributed by atoms with Gasteiger partial charge < -0.3 is 19.9 Å². The molecule has 0 aliphatic carbocycles. The third kappa shape index (κ3) is 5.08. The van der Waals surface area contributed by atoms with Crippen molar-refractivity contribution in [3.8, 4) is 0 Å². The fraction of sp³-hybridized carbons (Fsp3) is 0.400.